The highest BCUT2D eigenvalue weighted by molar-refractivity contribution is 8.18. The van der Waals surface area contributed by atoms with Crippen LogP contribution in [0.25, 0.3) is 28.1 Å². The van der Waals surface area contributed by atoms with Crippen LogP contribution in [0.4, 0.5) is 4.79 Å². The molecule has 0 atom stereocenters. The Hall–Kier alpha value is -2.70. The number of nitrogens with zero attached hydrogens (tertiary/aromatic N) is 2. The number of imide groups is 1. The van der Waals surface area contributed by atoms with Gasteiger partial charge in [-0.25, -0.2) is 0 Å². The number of nitrogens with one attached hydrogen (secondary N) is 1. The van der Waals surface area contributed by atoms with E-state index in [9.17, 15) is 9.59 Å². The van der Waals surface area contributed by atoms with Crippen molar-refractivity contribution < 1.29 is 9.59 Å². The summed E-state index contributed by atoms with van der Waals surface area (Å²) in [6, 6.07) is 11.6. The average molecular weight is 370 g/mol. The SMILES string of the molecule is Cl.O=C1NC(=O)C(=Cc2ccc3nccc(-c4ccncc4)c3c2)S1. The van der Waals surface area contributed by atoms with Gasteiger partial charge >= 0.3 is 0 Å². The van der Waals surface area contributed by atoms with Gasteiger partial charge in [-0.3, -0.25) is 24.9 Å². The fourth-order valence-electron chi connectivity index (χ4n) is 2.61. The molecule has 0 bridgehead atoms. The van der Waals surface area contributed by atoms with Crippen molar-refractivity contribution in [2.45, 2.75) is 0 Å². The molecule has 2 aromatic heterocycles. The molecule has 2 amide bonds. The summed E-state index contributed by atoms with van der Waals surface area (Å²) in [7, 11) is 0. The molecular formula is C18H12ClN3O2S. The van der Waals surface area contributed by atoms with Gasteiger partial charge in [-0.2, -0.15) is 0 Å². The van der Waals surface area contributed by atoms with Crippen molar-refractivity contribution in [2.24, 2.45) is 0 Å². The summed E-state index contributed by atoms with van der Waals surface area (Å²) in [6.45, 7) is 0. The lowest BCUT2D eigenvalue weighted by Crippen LogP contribution is -2.17. The second-order valence-electron chi connectivity index (χ2n) is 5.22. The van der Waals surface area contributed by atoms with E-state index in [4.69, 9.17) is 0 Å². The fraction of sp³-hybridized carbons (Fsp3) is 0. The molecular weight excluding hydrogens is 358 g/mol. The third-order valence-corrected chi connectivity index (χ3v) is 4.51. The van der Waals surface area contributed by atoms with E-state index in [-0.39, 0.29) is 23.6 Å². The minimum Gasteiger partial charge on any atom is -0.282 e. The van der Waals surface area contributed by atoms with Crippen LogP contribution in [0, 0.1) is 0 Å². The van der Waals surface area contributed by atoms with Crippen LogP contribution in [0.3, 0.4) is 0 Å². The molecule has 0 saturated carbocycles. The van der Waals surface area contributed by atoms with Gasteiger partial charge in [-0.1, -0.05) is 6.07 Å². The molecule has 1 N–H and O–H groups in total. The maximum Gasteiger partial charge on any atom is 0.290 e. The number of aromatic nitrogens is 2. The number of carbonyl (C=O) groups excluding carboxylic acids is 2. The van der Waals surface area contributed by atoms with E-state index in [1.807, 2.05) is 36.4 Å². The van der Waals surface area contributed by atoms with Gasteiger partial charge in [0.15, 0.2) is 0 Å². The zero-order valence-corrected chi connectivity index (χ0v) is 14.4. The summed E-state index contributed by atoms with van der Waals surface area (Å²) in [5.74, 6) is -0.356. The molecule has 5 nitrogen and oxygen atoms in total. The van der Waals surface area contributed by atoms with Crippen molar-refractivity contribution in [2.75, 3.05) is 0 Å². The van der Waals surface area contributed by atoms with Gasteiger partial charge in [-0.15, -0.1) is 12.4 Å². The number of pyridine rings is 2. The highest BCUT2D eigenvalue weighted by Gasteiger charge is 2.24. The lowest BCUT2D eigenvalue weighted by atomic mass is 10.0. The summed E-state index contributed by atoms with van der Waals surface area (Å²) in [6.07, 6.45) is 6.99. The minimum absolute atomic E-state index is 0. The van der Waals surface area contributed by atoms with E-state index < -0.39 is 0 Å². The minimum atomic E-state index is -0.356. The van der Waals surface area contributed by atoms with Crippen LogP contribution in [0.5, 0.6) is 0 Å². The predicted octanol–water partition coefficient (Wildman–Crippen LogP) is 4.04. The molecule has 1 saturated heterocycles. The number of carbonyl (C=O) groups is 2. The Kier molecular flexibility index (Phi) is 4.83. The Morgan fingerprint density at radius 3 is 2.52 bits per heavy atom. The van der Waals surface area contributed by atoms with Crippen LogP contribution in [-0.2, 0) is 4.79 Å². The number of fused-ring (bicyclic) bond motifs is 1. The number of benzene rings is 1. The number of halogens is 1. The Morgan fingerprint density at radius 1 is 1.00 bits per heavy atom. The molecule has 1 aliphatic rings. The van der Waals surface area contributed by atoms with Crippen molar-refractivity contribution in [1.82, 2.24) is 15.3 Å². The first-order chi connectivity index (χ1) is 11.7. The number of rotatable bonds is 2. The van der Waals surface area contributed by atoms with Crippen LogP contribution >= 0.6 is 24.2 Å². The zero-order chi connectivity index (χ0) is 16.5. The van der Waals surface area contributed by atoms with E-state index in [1.54, 1.807) is 24.7 Å². The topological polar surface area (TPSA) is 72.0 Å². The number of hydrogen-bond donors (Lipinski definition) is 1. The van der Waals surface area contributed by atoms with Crippen LogP contribution in [0.2, 0.25) is 0 Å². The molecule has 3 aromatic rings. The summed E-state index contributed by atoms with van der Waals surface area (Å²) in [5, 5.41) is 2.90. The number of hydrogen-bond acceptors (Lipinski definition) is 5. The first kappa shape index (κ1) is 17.1. The molecule has 3 heterocycles. The van der Waals surface area contributed by atoms with Gasteiger partial charge in [0, 0.05) is 24.0 Å². The highest BCUT2D eigenvalue weighted by atomic mass is 35.5. The Labute approximate surface area is 154 Å². The molecule has 0 spiro atoms. The monoisotopic (exact) mass is 369 g/mol. The van der Waals surface area contributed by atoms with Crippen LogP contribution in [-0.4, -0.2) is 21.1 Å². The summed E-state index contributed by atoms with van der Waals surface area (Å²) in [5.41, 5.74) is 3.80. The summed E-state index contributed by atoms with van der Waals surface area (Å²) >= 11 is 0.912. The maximum atomic E-state index is 11.7. The van der Waals surface area contributed by atoms with E-state index in [2.05, 4.69) is 15.3 Å². The van der Waals surface area contributed by atoms with Gasteiger partial charge < -0.3 is 0 Å². The van der Waals surface area contributed by atoms with Crippen LogP contribution < -0.4 is 5.32 Å². The molecule has 1 aromatic carbocycles. The standard InChI is InChI=1S/C18H11N3O2S.ClH/c22-17-16(24-18(23)21-17)10-11-1-2-15-14(9-11)13(5-8-20-15)12-3-6-19-7-4-12;/h1-10H,(H,21,22,23);1H. The number of amides is 2. The van der Waals surface area contributed by atoms with Crippen molar-refractivity contribution >= 4 is 52.3 Å². The first-order valence-electron chi connectivity index (χ1n) is 7.25. The molecule has 25 heavy (non-hydrogen) atoms. The molecule has 0 unspecified atom stereocenters. The first-order valence-corrected chi connectivity index (χ1v) is 8.06. The summed E-state index contributed by atoms with van der Waals surface area (Å²) < 4.78 is 0. The second-order valence-corrected chi connectivity index (χ2v) is 6.24. The Morgan fingerprint density at radius 2 is 1.80 bits per heavy atom. The van der Waals surface area contributed by atoms with Gasteiger partial charge in [0.05, 0.1) is 10.4 Å². The van der Waals surface area contributed by atoms with Gasteiger partial charge in [0.2, 0.25) is 0 Å². The molecule has 1 fully saturated rings. The molecule has 4 rings (SSSR count). The second kappa shape index (κ2) is 7.04. The van der Waals surface area contributed by atoms with Crippen LogP contribution in [0.15, 0.2) is 59.9 Å². The van der Waals surface area contributed by atoms with Crippen molar-refractivity contribution in [1.29, 1.82) is 0 Å². The van der Waals surface area contributed by atoms with Gasteiger partial charge in [0.1, 0.15) is 0 Å². The normalized spacial score (nSPS) is 15.3. The summed E-state index contributed by atoms with van der Waals surface area (Å²) in [4.78, 5) is 31.8. The lowest BCUT2D eigenvalue weighted by molar-refractivity contribution is -0.115. The molecule has 0 aliphatic carbocycles. The Balaban J connectivity index is 0.00000182. The molecule has 0 radical (unpaired) electrons. The predicted molar refractivity (Wildman–Crippen MR) is 101 cm³/mol. The average Bonchev–Trinajstić information content (AvgIpc) is 2.92. The lowest BCUT2D eigenvalue weighted by Gasteiger charge is -2.07. The molecule has 7 heteroatoms. The van der Waals surface area contributed by atoms with Crippen LogP contribution in [0.1, 0.15) is 5.56 Å². The molecule has 1 aliphatic heterocycles. The quantitative estimate of drug-likeness (QED) is 0.690. The fourth-order valence-corrected chi connectivity index (χ4v) is 3.29. The highest BCUT2D eigenvalue weighted by Crippen LogP contribution is 2.30. The van der Waals surface area contributed by atoms with E-state index in [0.29, 0.717) is 4.91 Å². The largest absolute Gasteiger partial charge is 0.290 e. The van der Waals surface area contributed by atoms with E-state index >= 15 is 0 Å². The Bertz CT molecular complexity index is 1010. The third kappa shape index (κ3) is 3.40. The third-order valence-electron chi connectivity index (χ3n) is 3.70. The van der Waals surface area contributed by atoms with E-state index in [0.717, 1.165) is 39.4 Å². The van der Waals surface area contributed by atoms with Crippen molar-refractivity contribution in [3.63, 3.8) is 0 Å². The van der Waals surface area contributed by atoms with Gasteiger partial charge in [-0.05, 0) is 64.9 Å². The smallest absolute Gasteiger partial charge is 0.282 e. The van der Waals surface area contributed by atoms with Crippen molar-refractivity contribution in [3.8, 4) is 11.1 Å². The zero-order valence-electron chi connectivity index (χ0n) is 12.8. The molecule has 124 valence electrons. The maximum absolute atomic E-state index is 11.7. The van der Waals surface area contributed by atoms with Crippen molar-refractivity contribution in [3.05, 3.63) is 65.5 Å². The van der Waals surface area contributed by atoms with Gasteiger partial charge in [0.25, 0.3) is 11.1 Å². The number of thioether (sulfide) groups is 1. The van der Waals surface area contributed by atoms with E-state index in [1.165, 1.54) is 0 Å².